The summed E-state index contributed by atoms with van der Waals surface area (Å²) < 4.78 is 73.1. The summed E-state index contributed by atoms with van der Waals surface area (Å²) in [6.07, 6.45) is -8.90. The second kappa shape index (κ2) is 20.3. The van der Waals surface area contributed by atoms with Crippen LogP contribution in [0.2, 0.25) is 0 Å². The second-order valence-corrected chi connectivity index (χ2v) is 46.2. The summed E-state index contributed by atoms with van der Waals surface area (Å²) in [5, 5.41) is 19.2. The van der Waals surface area contributed by atoms with Gasteiger partial charge in [-0.25, -0.2) is 17.6 Å². The van der Waals surface area contributed by atoms with Gasteiger partial charge in [-0.15, -0.1) is 0 Å². The van der Waals surface area contributed by atoms with Crippen LogP contribution in [-0.4, -0.2) is 87.7 Å². The Hall–Kier alpha value is 0.844. The van der Waals surface area contributed by atoms with Gasteiger partial charge in [-0.3, -0.25) is 18.2 Å². The number of β-amino-alcohol motifs (C(OH)–C–C–N with tert-alkyl or cyclic N) is 1. The minimum atomic E-state index is -2.62. The average Bonchev–Trinajstić information content (AvgIpc) is 3.31. The van der Waals surface area contributed by atoms with E-state index in [2.05, 4.69) is 59.9 Å². The van der Waals surface area contributed by atoms with Crippen molar-refractivity contribution in [3.8, 4) is 0 Å². The molecule has 3 heterocycles. The number of hydrogen-bond donors (Lipinski definition) is 2. The van der Waals surface area contributed by atoms with Gasteiger partial charge in [0.25, 0.3) is 0 Å². The Bertz CT molecular complexity index is 1090. The molecule has 2 aromatic rings. The van der Waals surface area contributed by atoms with Crippen molar-refractivity contribution in [1.82, 2.24) is 9.80 Å². The average molecular weight is 1010 g/mol. The van der Waals surface area contributed by atoms with Crippen LogP contribution in [0.3, 0.4) is 0 Å². The third kappa shape index (κ3) is 13.5. The fourth-order valence-electron chi connectivity index (χ4n) is 5.08. The molecule has 3 aliphatic heterocycles. The van der Waals surface area contributed by atoms with Gasteiger partial charge in [0.15, 0.2) is 0 Å². The van der Waals surface area contributed by atoms with E-state index in [1.807, 2.05) is 65.6 Å². The SMILES string of the molecule is C.O=S1O[C@@H]2[C@@H](C(F)F)CN(Cc3ccccc3)C[C@H]2O1.O[C@H]1[C@H](O)CN(Cc2ccccc2)C[C@@H]1C(F)F.[I][V]([I])[I]. The number of nitrogens with zero attached hydrogens (tertiary/aromatic N) is 2. The Morgan fingerprint density at radius 1 is 0.791 bits per heavy atom. The topological polar surface area (TPSA) is 82.5 Å². The Balaban J connectivity index is 0.000000263. The van der Waals surface area contributed by atoms with Crippen molar-refractivity contribution in [2.24, 2.45) is 11.8 Å². The normalized spacial score (nSPS) is 29.3. The number of rotatable bonds is 6. The number of halogens is 7. The number of alkyl halides is 4. The first-order chi connectivity index (χ1) is 19.9. The van der Waals surface area contributed by atoms with Gasteiger partial charge in [-0.05, 0) is 11.1 Å². The van der Waals surface area contributed by atoms with Crippen molar-refractivity contribution < 1.29 is 45.3 Å². The van der Waals surface area contributed by atoms with E-state index in [4.69, 9.17) is 8.37 Å². The summed E-state index contributed by atoms with van der Waals surface area (Å²) in [5.74, 6) is -2.15. The summed E-state index contributed by atoms with van der Waals surface area (Å²) in [5.41, 5.74) is 2.06. The van der Waals surface area contributed by atoms with Crippen LogP contribution in [0, 0.1) is 11.8 Å². The molecule has 5 rings (SSSR count). The van der Waals surface area contributed by atoms with E-state index in [1.165, 1.54) is 0 Å². The van der Waals surface area contributed by atoms with Crippen molar-refractivity contribution in [3.63, 3.8) is 0 Å². The summed E-state index contributed by atoms with van der Waals surface area (Å²) in [7, 11) is 0. The third-order valence-corrected chi connectivity index (χ3v) is 7.76. The maximum absolute atomic E-state index is 13.1. The van der Waals surface area contributed by atoms with Crippen molar-refractivity contribution in [2.45, 2.75) is 57.8 Å². The van der Waals surface area contributed by atoms with E-state index in [0.717, 1.165) is 11.1 Å². The first-order valence-corrected chi connectivity index (χ1v) is 27.4. The standard InChI is InChI=1S/C13H15F2NO3S.C13H17F2NO2.CH4.3HI.V/c14-13(15)10-7-16(6-9-4-2-1-3-5-9)8-11-12(10)19-20(17)18-11;14-13(15)10-7-16(8-11(17)12(10)18)6-9-4-2-1-3-5-9;;;;;/h1-5,10-13H,6-8H2;1-5,10-13,17-18H,6-8H2;1H4;3*1H;/q;;;;;;+3/p-3/t10-,11+,12+,20?;10-,11+,12+;;;;;/m00...../s1. The predicted octanol–water partition coefficient (Wildman–Crippen LogP) is 6.14. The van der Waals surface area contributed by atoms with Gasteiger partial charge in [-0.2, -0.15) is 4.21 Å². The van der Waals surface area contributed by atoms with Crippen molar-refractivity contribution >= 4 is 71.3 Å². The van der Waals surface area contributed by atoms with Crippen LogP contribution >= 0.6 is 59.9 Å². The molecule has 0 radical (unpaired) electrons. The van der Waals surface area contributed by atoms with Gasteiger partial charge >= 0.3 is 76.2 Å². The van der Waals surface area contributed by atoms with Gasteiger partial charge in [0.05, 0.1) is 24.0 Å². The molecule has 0 aliphatic carbocycles. The number of likely N-dealkylation sites (tertiary alicyclic amines) is 2. The predicted molar refractivity (Wildman–Crippen MR) is 181 cm³/mol. The van der Waals surface area contributed by atoms with Crippen molar-refractivity contribution in [3.05, 3.63) is 71.8 Å². The summed E-state index contributed by atoms with van der Waals surface area (Å²) >= 11 is 5.49. The fraction of sp³-hybridized carbons (Fsp3) is 0.556. The van der Waals surface area contributed by atoms with Crippen molar-refractivity contribution in [2.75, 3.05) is 26.2 Å². The zero-order valence-corrected chi connectivity index (χ0v) is 30.8. The summed E-state index contributed by atoms with van der Waals surface area (Å²) in [4.78, 5) is 3.38. The zero-order valence-electron chi connectivity index (χ0n) is 22.1. The van der Waals surface area contributed by atoms with Gasteiger partial charge in [0, 0.05) is 39.3 Å². The summed E-state index contributed by atoms with van der Waals surface area (Å²) in [6, 6.07) is 19.1. The molecule has 0 saturated carbocycles. The van der Waals surface area contributed by atoms with Crippen molar-refractivity contribution in [1.29, 1.82) is 0 Å². The molecule has 0 bridgehead atoms. The van der Waals surface area contributed by atoms with Crippen LogP contribution < -0.4 is 0 Å². The number of hydrogen-bond acceptors (Lipinski definition) is 7. The van der Waals surface area contributed by atoms with Gasteiger partial charge < -0.3 is 10.2 Å². The minimum absolute atomic E-state index is 0. The van der Waals surface area contributed by atoms with Crippen LogP contribution in [0.15, 0.2) is 60.7 Å². The molecule has 43 heavy (non-hydrogen) atoms. The monoisotopic (exact) mass is 1010 g/mol. The van der Waals surface area contributed by atoms with Crippen LogP contribution in [0.5, 0.6) is 0 Å². The van der Waals surface area contributed by atoms with Gasteiger partial charge in [-0.1, -0.05) is 68.1 Å². The van der Waals surface area contributed by atoms with Crippen LogP contribution in [0.4, 0.5) is 17.6 Å². The van der Waals surface area contributed by atoms with Gasteiger partial charge in [0.1, 0.15) is 12.2 Å². The van der Waals surface area contributed by atoms with E-state index in [9.17, 15) is 32.0 Å². The molecule has 3 aliphatic rings. The van der Waals surface area contributed by atoms with Gasteiger partial charge in [0.2, 0.25) is 12.9 Å². The van der Waals surface area contributed by atoms with E-state index in [1.54, 1.807) is 4.90 Å². The molecule has 2 aromatic carbocycles. The van der Waals surface area contributed by atoms with E-state index in [-0.39, 0.29) is 32.0 Å². The van der Waals surface area contributed by atoms with E-state index in [0.29, 0.717) is 19.6 Å². The zero-order chi connectivity index (χ0) is 30.8. The molecule has 16 heteroatoms. The number of aliphatic hydroxyl groups is 2. The fourth-order valence-corrected chi connectivity index (χ4v) is 5.94. The van der Waals surface area contributed by atoms with Crippen LogP contribution in [0.1, 0.15) is 18.6 Å². The number of piperidine rings is 2. The molecular weight excluding hydrogens is 972 g/mol. The molecule has 3 saturated heterocycles. The molecule has 244 valence electrons. The number of benzene rings is 2. The second-order valence-electron chi connectivity index (χ2n) is 10.0. The molecule has 1 unspecified atom stereocenters. The Morgan fingerprint density at radius 3 is 1.70 bits per heavy atom. The molecule has 0 amide bonds. The summed E-state index contributed by atoms with van der Waals surface area (Å²) in [6.45, 7) is 2.07. The molecule has 7 atom stereocenters. The van der Waals surface area contributed by atoms with E-state index < -0.39 is 60.5 Å². The molecular formula is C27H36F4I3N2O5SV. The molecule has 0 aromatic heterocycles. The van der Waals surface area contributed by atoms with Crippen LogP contribution in [0.25, 0.3) is 0 Å². The number of aliphatic hydroxyl groups excluding tert-OH is 2. The molecule has 0 spiro atoms. The third-order valence-electron chi connectivity index (χ3n) is 6.98. The quantitative estimate of drug-likeness (QED) is 0.266. The number of fused-ring (bicyclic) bond motifs is 1. The Kier molecular flexibility index (Phi) is 18.9. The first-order valence-electron chi connectivity index (χ1n) is 12.9. The van der Waals surface area contributed by atoms with E-state index >= 15 is 0 Å². The molecule has 3 fully saturated rings. The molecule has 7 nitrogen and oxygen atoms in total. The van der Waals surface area contributed by atoms with Crippen LogP contribution in [-0.2, 0) is 37.7 Å². The Morgan fingerprint density at radius 2 is 1.23 bits per heavy atom. The Labute approximate surface area is 291 Å². The maximum atomic E-state index is 13.1. The first kappa shape index (κ1) is 40.0. The molecule has 2 N–H and O–H groups in total.